The summed E-state index contributed by atoms with van der Waals surface area (Å²) in [5, 5.41) is 10.4. The number of carbonyl (C=O) groups excluding carboxylic acids is 1. The molecule has 0 aromatic heterocycles. The Balaban J connectivity index is 3.32. The van der Waals surface area contributed by atoms with Gasteiger partial charge in [-0.1, -0.05) is 0 Å². The molecule has 0 aliphatic rings. The lowest BCUT2D eigenvalue weighted by atomic mass is 10.2. The molecule has 0 saturated heterocycles. The molecule has 0 bridgehead atoms. The summed E-state index contributed by atoms with van der Waals surface area (Å²) in [5.41, 5.74) is 0.339. The third-order valence-corrected chi connectivity index (χ3v) is 4.88. The average Bonchev–Trinajstić information content (AvgIpc) is 2.53. The SMILES string of the molecule is CCOC(=O)/C(=C/c1ccc([N+](=O)[O-])cc1)P(=O)(OCC)OCC. The monoisotopic (exact) mass is 357 g/mol. The highest BCUT2D eigenvalue weighted by atomic mass is 31.2. The minimum Gasteiger partial charge on any atom is -0.462 e. The third kappa shape index (κ3) is 5.26. The van der Waals surface area contributed by atoms with Crippen LogP contribution in [0.5, 0.6) is 0 Å². The molecule has 1 aromatic carbocycles. The first-order valence-electron chi connectivity index (χ1n) is 7.40. The first kappa shape index (κ1) is 20.0. The highest BCUT2D eigenvalue weighted by Gasteiger charge is 2.36. The molecular weight excluding hydrogens is 337 g/mol. The molecule has 0 amide bonds. The largest absolute Gasteiger partial charge is 0.462 e. The second kappa shape index (κ2) is 9.32. The van der Waals surface area contributed by atoms with Crippen LogP contribution in [0, 0.1) is 10.1 Å². The van der Waals surface area contributed by atoms with Crippen molar-refractivity contribution in [3.8, 4) is 0 Å². The quantitative estimate of drug-likeness (QED) is 0.218. The average molecular weight is 357 g/mol. The summed E-state index contributed by atoms with van der Waals surface area (Å²) in [4.78, 5) is 22.3. The summed E-state index contributed by atoms with van der Waals surface area (Å²) in [6, 6.07) is 5.42. The Morgan fingerprint density at radius 2 is 1.67 bits per heavy atom. The highest BCUT2D eigenvalue weighted by molar-refractivity contribution is 7.60. The lowest BCUT2D eigenvalue weighted by molar-refractivity contribution is -0.384. The molecule has 1 rings (SSSR count). The molecule has 9 heteroatoms. The van der Waals surface area contributed by atoms with E-state index in [2.05, 4.69) is 0 Å². The minimum absolute atomic E-state index is 0.0777. The van der Waals surface area contributed by atoms with Crippen molar-refractivity contribution in [2.75, 3.05) is 19.8 Å². The van der Waals surface area contributed by atoms with Gasteiger partial charge in [0, 0.05) is 12.1 Å². The molecule has 0 aliphatic heterocycles. The summed E-state index contributed by atoms with van der Waals surface area (Å²) in [6.45, 7) is 5.12. The molecule has 0 fully saturated rings. The normalized spacial score (nSPS) is 12.0. The molecule has 0 aliphatic carbocycles. The van der Waals surface area contributed by atoms with Crippen molar-refractivity contribution in [3.63, 3.8) is 0 Å². The standard InChI is InChI=1S/C15H20NO7P/c1-4-21-15(17)14(24(20,22-5-2)23-6-3)11-12-7-9-13(10-8-12)16(18)19/h7-11H,4-6H2,1-3H3/b14-11-. The van der Waals surface area contributed by atoms with E-state index in [0.29, 0.717) is 5.56 Å². The fourth-order valence-corrected chi connectivity index (χ4v) is 3.45. The van der Waals surface area contributed by atoms with Gasteiger partial charge in [0.1, 0.15) is 5.31 Å². The molecule has 0 unspecified atom stereocenters. The Morgan fingerprint density at radius 3 is 2.08 bits per heavy atom. The van der Waals surface area contributed by atoms with Gasteiger partial charge in [0.05, 0.1) is 24.7 Å². The van der Waals surface area contributed by atoms with Gasteiger partial charge in [0.15, 0.2) is 0 Å². The summed E-state index contributed by atoms with van der Waals surface area (Å²) < 4.78 is 28.2. The first-order chi connectivity index (χ1) is 11.4. The number of esters is 1. The number of hydrogen-bond donors (Lipinski definition) is 0. The number of non-ortho nitro benzene ring substituents is 1. The van der Waals surface area contributed by atoms with Crippen LogP contribution in [0.2, 0.25) is 0 Å². The fraction of sp³-hybridized carbons (Fsp3) is 0.400. The Labute approximate surface area is 140 Å². The van der Waals surface area contributed by atoms with Crippen molar-refractivity contribution >= 4 is 25.3 Å². The smallest absolute Gasteiger partial charge is 0.368 e. The summed E-state index contributed by atoms with van der Waals surface area (Å²) in [6.07, 6.45) is 1.30. The predicted molar refractivity (Wildman–Crippen MR) is 88.6 cm³/mol. The molecule has 8 nitrogen and oxygen atoms in total. The van der Waals surface area contributed by atoms with E-state index in [-0.39, 0.29) is 30.8 Å². The summed E-state index contributed by atoms with van der Waals surface area (Å²) in [7, 11) is -3.86. The number of carbonyl (C=O) groups is 1. The van der Waals surface area contributed by atoms with Crippen molar-refractivity contribution < 1.29 is 28.1 Å². The van der Waals surface area contributed by atoms with Crippen LogP contribution in [-0.4, -0.2) is 30.7 Å². The Bertz CT molecular complexity index is 644. The van der Waals surface area contributed by atoms with E-state index in [4.69, 9.17) is 13.8 Å². The maximum atomic E-state index is 12.9. The number of benzene rings is 1. The molecule has 0 radical (unpaired) electrons. The molecule has 24 heavy (non-hydrogen) atoms. The molecule has 0 saturated carbocycles. The van der Waals surface area contributed by atoms with Gasteiger partial charge in [0.25, 0.3) is 5.69 Å². The van der Waals surface area contributed by atoms with Crippen molar-refractivity contribution in [1.82, 2.24) is 0 Å². The van der Waals surface area contributed by atoms with E-state index < -0.39 is 18.5 Å². The van der Waals surface area contributed by atoms with Gasteiger partial charge < -0.3 is 13.8 Å². The van der Waals surface area contributed by atoms with E-state index >= 15 is 0 Å². The molecule has 1 aromatic rings. The number of nitro groups is 1. The topological polar surface area (TPSA) is 105 Å². The van der Waals surface area contributed by atoms with Crippen molar-refractivity contribution in [2.45, 2.75) is 20.8 Å². The van der Waals surface area contributed by atoms with Crippen LogP contribution >= 0.6 is 7.60 Å². The molecular formula is C15H20NO7P. The van der Waals surface area contributed by atoms with Crippen molar-refractivity contribution in [1.29, 1.82) is 0 Å². The number of nitro benzene ring substituents is 1. The second-order valence-electron chi connectivity index (χ2n) is 4.43. The first-order valence-corrected chi connectivity index (χ1v) is 8.95. The Kier molecular flexibility index (Phi) is 7.78. The fourth-order valence-electron chi connectivity index (χ4n) is 1.82. The van der Waals surface area contributed by atoms with Crippen molar-refractivity contribution in [3.05, 3.63) is 45.3 Å². The molecule has 0 heterocycles. The number of ether oxygens (including phenoxy) is 1. The zero-order chi connectivity index (χ0) is 18.2. The Morgan fingerprint density at radius 1 is 1.12 bits per heavy atom. The van der Waals surface area contributed by atoms with Gasteiger partial charge in [-0.05, 0) is 44.5 Å². The molecule has 0 atom stereocenters. The molecule has 132 valence electrons. The van der Waals surface area contributed by atoms with Gasteiger partial charge in [-0.25, -0.2) is 4.79 Å². The van der Waals surface area contributed by atoms with Crippen LogP contribution in [0.25, 0.3) is 6.08 Å². The maximum absolute atomic E-state index is 12.9. The van der Waals surface area contributed by atoms with Crippen LogP contribution in [0.15, 0.2) is 29.6 Å². The zero-order valence-electron chi connectivity index (χ0n) is 13.8. The highest BCUT2D eigenvalue weighted by Crippen LogP contribution is 2.57. The van der Waals surface area contributed by atoms with E-state index in [9.17, 15) is 19.5 Å². The molecule has 0 N–H and O–H groups in total. The van der Waals surface area contributed by atoms with Gasteiger partial charge in [-0.3, -0.25) is 14.7 Å². The van der Waals surface area contributed by atoms with E-state index in [1.165, 1.54) is 30.3 Å². The van der Waals surface area contributed by atoms with Gasteiger partial charge >= 0.3 is 13.6 Å². The Hall–Kier alpha value is -2.02. The lowest BCUT2D eigenvalue weighted by Gasteiger charge is -2.19. The van der Waals surface area contributed by atoms with Gasteiger partial charge in [-0.2, -0.15) is 0 Å². The van der Waals surface area contributed by atoms with E-state index in [1.807, 2.05) is 0 Å². The number of rotatable bonds is 9. The molecule has 0 spiro atoms. The van der Waals surface area contributed by atoms with Crippen LogP contribution in [0.1, 0.15) is 26.3 Å². The van der Waals surface area contributed by atoms with Crippen LogP contribution in [0.4, 0.5) is 5.69 Å². The van der Waals surface area contributed by atoms with Crippen LogP contribution < -0.4 is 0 Å². The number of nitrogens with zero attached hydrogens (tertiary/aromatic N) is 1. The second-order valence-corrected chi connectivity index (χ2v) is 6.42. The van der Waals surface area contributed by atoms with Gasteiger partial charge in [0.2, 0.25) is 0 Å². The van der Waals surface area contributed by atoms with E-state index in [0.717, 1.165) is 0 Å². The number of hydrogen-bond acceptors (Lipinski definition) is 7. The summed E-state index contributed by atoms with van der Waals surface area (Å²) >= 11 is 0. The van der Waals surface area contributed by atoms with Gasteiger partial charge in [-0.15, -0.1) is 0 Å². The van der Waals surface area contributed by atoms with Crippen LogP contribution in [-0.2, 0) is 23.1 Å². The minimum atomic E-state index is -3.86. The lowest BCUT2D eigenvalue weighted by Crippen LogP contribution is -2.11. The summed E-state index contributed by atoms with van der Waals surface area (Å²) in [5.74, 6) is -0.818. The van der Waals surface area contributed by atoms with Crippen LogP contribution in [0.3, 0.4) is 0 Å². The zero-order valence-corrected chi connectivity index (χ0v) is 14.7. The predicted octanol–water partition coefficient (Wildman–Crippen LogP) is 3.76. The maximum Gasteiger partial charge on any atom is 0.368 e. The van der Waals surface area contributed by atoms with Crippen molar-refractivity contribution in [2.24, 2.45) is 0 Å². The third-order valence-electron chi connectivity index (χ3n) is 2.79. The van der Waals surface area contributed by atoms with E-state index in [1.54, 1.807) is 20.8 Å².